The van der Waals surface area contributed by atoms with Crippen LogP contribution in [0.3, 0.4) is 0 Å². The molecule has 0 radical (unpaired) electrons. The molecule has 84 valence electrons. The van der Waals surface area contributed by atoms with Gasteiger partial charge in [0.2, 0.25) is 11.8 Å². The van der Waals surface area contributed by atoms with Crippen molar-refractivity contribution in [1.82, 2.24) is 9.97 Å². The molecule has 0 saturated carbocycles. The zero-order chi connectivity index (χ0) is 10.9. The smallest absolute Gasteiger partial charge is 0.226 e. The van der Waals surface area contributed by atoms with Crippen molar-refractivity contribution in [2.45, 2.75) is 0 Å². The number of aliphatic hydroxyl groups is 1. The van der Waals surface area contributed by atoms with Gasteiger partial charge in [0.1, 0.15) is 0 Å². The fourth-order valence-electron chi connectivity index (χ4n) is 0.943. The fraction of sp³-hybridized carbons (Fsp3) is 0.556. The van der Waals surface area contributed by atoms with Gasteiger partial charge in [0.15, 0.2) is 0 Å². The summed E-state index contributed by atoms with van der Waals surface area (Å²) in [6.07, 6.45) is 1.61. The molecule has 0 fully saturated rings. The zero-order valence-corrected chi connectivity index (χ0v) is 8.64. The first-order valence-corrected chi connectivity index (χ1v) is 4.66. The maximum Gasteiger partial charge on any atom is 0.226 e. The van der Waals surface area contributed by atoms with Crippen LogP contribution in [-0.2, 0) is 4.74 Å². The molecule has 0 unspecified atom stereocenters. The molecule has 2 N–H and O–H groups in total. The molecule has 0 aromatic carbocycles. The van der Waals surface area contributed by atoms with Crippen LogP contribution in [0.5, 0.6) is 5.88 Å². The predicted molar refractivity (Wildman–Crippen MR) is 55.0 cm³/mol. The highest BCUT2D eigenvalue weighted by Crippen LogP contribution is 2.06. The van der Waals surface area contributed by atoms with Crippen molar-refractivity contribution in [3.63, 3.8) is 0 Å². The van der Waals surface area contributed by atoms with Gasteiger partial charge in [-0.25, -0.2) is 4.98 Å². The lowest BCUT2D eigenvalue weighted by Gasteiger charge is -2.05. The van der Waals surface area contributed by atoms with E-state index in [0.717, 1.165) is 0 Å². The molecule has 0 spiro atoms. The summed E-state index contributed by atoms with van der Waals surface area (Å²) in [7, 11) is 1.55. The molecule has 0 saturated heterocycles. The number of methoxy groups -OCH3 is 1. The minimum absolute atomic E-state index is 0.0374. The molecule has 0 aliphatic rings. The van der Waals surface area contributed by atoms with Crippen LogP contribution in [-0.4, -0.2) is 48.5 Å². The third-order valence-corrected chi connectivity index (χ3v) is 1.60. The van der Waals surface area contributed by atoms with E-state index in [0.29, 0.717) is 31.6 Å². The molecule has 0 amide bonds. The van der Waals surface area contributed by atoms with Crippen molar-refractivity contribution in [2.24, 2.45) is 0 Å². The van der Waals surface area contributed by atoms with Crippen molar-refractivity contribution in [2.75, 3.05) is 38.8 Å². The van der Waals surface area contributed by atoms with E-state index >= 15 is 0 Å². The number of aliphatic hydroxyl groups excluding tert-OH is 1. The standard InChI is InChI=1S/C9H15N3O3/c1-14-8-2-3-10-9(12-8)11-4-6-15-7-5-13/h2-3,13H,4-7H2,1H3,(H,10,11,12). The Morgan fingerprint density at radius 1 is 1.47 bits per heavy atom. The maximum atomic E-state index is 8.46. The molecule has 0 bridgehead atoms. The van der Waals surface area contributed by atoms with Gasteiger partial charge >= 0.3 is 0 Å². The Bertz CT molecular complexity index is 283. The first-order valence-electron chi connectivity index (χ1n) is 4.66. The van der Waals surface area contributed by atoms with Crippen LogP contribution in [0.1, 0.15) is 0 Å². The van der Waals surface area contributed by atoms with Crippen LogP contribution in [0.2, 0.25) is 0 Å². The molecule has 1 aromatic rings. The quantitative estimate of drug-likeness (QED) is 0.616. The molecule has 1 rings (SSSR count). The average molecular weight is 213 g/mol. The summed E-state index contributed by atoms with van der Waals surface area (Å²) in [5.74, 6) is 1.02. The summed E-state index contributed by atoms with van der Waals surface area (Å²) in [5, 5.41) is 11.4. The molecular weight excluding hydrogens is 198 g/mol. The van der Waals surface area contributed by atoms with E-state index in [-0.39, 0.29) is 6.61 Å². The summed E-state index contributed by atoms with van der Waals surface area (Å²) in [4.78, 5) is 8.06. The second kappa shape index (κ2) is 6.97. The maximum absolute atomic E-state index is 8.46. The monoisotopic (exact) mass is 213 g/mol. The van der Waals surface area contributed by atoms with Crippen molar-refractivity contribution >= 4 is 5.95 Å². The summed E-state index contributed by atoms with van der Waals surface area (Å²) >= 11 is 0. The second-order valence-corrected chi connectivity index (χ2v) is 2.69. The number of aromatic nitrogens is 2. The van der Waals surface area contributed by atoms with Gasteiger partial charge in [-0.05, 0) is 0 Å². The van der Waals surface area contributed by atoms with Crippen LogP contribution in [0, 0.1) is 0 Å². The lowest BCUT2D eigenvalue weighted by atomic mass is 10.6. The van der Waals surface area contributed by atoms with E-state index in [1.165, 1.54) is 0 Å². The number of anilines is 1. The molecule has 1 heterocycles. The summed E-state index contributed by atoms with van der Waals surface area (Å²) in [6, 6.07) is 1.67. The molecule has 0 aliphatic heterocycles. The van der Waals surface area contributed by atoms with Crippen LogP contribution < -0.4 is 10.1 Å². The van der Waals surface area contributed by atoms with E-state index in [9.17, 15) is 0 Å². The third kappa shape index (κ3) is 4.57. The minimum atomic E-state index is 0.0374. The number of hydrogen-bond donors (Lipinski definition) is 2. The minimum Gasteiger partial charge on any atom is -0.481 e. The molecule has 6 nitrogen and oxygen atoms in total. The van der Waals surface area contributed by atoms with Gasteiger partial charge in [0.25, 0.3) is 0 Å². The Hall–Kier alpha value is -1.40. The number of hydrogen-bond acceptors (Lipinski definition) is 6. The Morgan fingerprint density at radius 2 is 2.33 bits per heavy atom. The fourth-order valence-corrected chi connectivity index (χ4v) is 0.943. The van der Waals surface area contributed by atoms with Crippen molar-refractivity contribution < 1.29 is 14.6 Å². The first-order chi connectivity index (χ1) is 7.36. The van der Waals surface area contributed by atoms with E-state index in [1.807, 2.05) is 0 Å². The number of nitrogens with zero attached hydrogens (tertiary/aromatic N) is 2. The first kappa shape index (κ1) is 11.7. The van der Waals surface area contributed by atoms with Crippen LogP contribution in [0.4, 0.5) is 5.95 Å². The molecular formula is C9H15N3O3. The average Bonchev–Trinajstić information content (AvgIpc) is 2.29. The van der Waals surface area contributed by atoms with Crippen molar-refractivity contribution in [3.05, 3.63) is 12.3 Å². The van der Waals surface area contributed by atoms with Crippen LogP contribution >= 0.6 is 0 Å². The van der Waals surface area contributed by atoms with Gasteiger partial charge in [0.05, 0.1) is 26.9 Å². The third-order valence-electron chi connectivity index (χ3n) is 1.60. The lowest BCUT2D eigenvalue weighted by Crippen LogP contribution is -2.13. The Kier molecular flexibility index (Phi) is 5.42. The highest BCUT2D eigenvalue weighted by molar-refractivity contribution is 5.26. The Morgan fingerprint density at radius 3 is 3.07 bits per heavy atom. The zero-order valence-electron chi connectivity index (χ0n) is 8.64. The highest BCUT2D eigenvalue weighted by atomic mass is 16.5. The predicted octanol–water partition coefficient (Wildman–Crippen LogP) is -0.0940. The van der Waals surface area contributed by atoms with E-state index in [4.69, 9.17) is 14.6 Å². The molecule has 0 atom stereocenters. The summed E-state index contributed by atoms with van der Waals surface area (Å²) in [6.45, 7) is 1.48. The van der Waals surface area contributed by atoms with Crippen LogP contribution in [0.25, 0.3) is 0 Å². The van der Waals surface area contributed by atoms with E-state index in [1.54, 1.807) is 19.4 Å². The van der Waals surface area contributed by atoms with Gasteiger partial charge in [0, 0.05) is 18.8 Å². The number of nitrogens with one attached hydrogen (secondary N) is 1. The van der Waals surface area contributed by atoms with E-state index < -0.39 is 0 Å². The topological polar surface area (TPSA) is 76.5 Å². The SMILES string of the molecule is COc1ccnc(NCCOCCO)n1. The number of rotatable bonds is 7. The second-order valence-electron chi connectivity index (χ2n) is 2.69. The number of ether oxygens (including phenoxy) is 2. The normalized spacial score (nSPS) is 10.0. The van der Waals surface area contributed by atoms with Gasteiger partial charge in [-0.3, -0.25) is 0 Å². The van der Waals surface area contributed by atoms with Gasteiger partial charge < -0.3 is 19.9 Å². The Labute approximate surface area is 88.3 Å². The highest BCUT2D eigenvalue weighted by Gasteiger charge is 1.97. The van der Waals surface area contributed by atoms with Gasteiger partial charge in [-0.1, -0.05) is 0 Å². The van der Waals surface area contributed by atoms with Crippen LogP contribution in [0.15, 0.2) is 12.3 Å². The summed E-state index contributed by atoms with van der Waals surface area (Å²) in [5.41, 5.74) is 0. The van der Waals surface area contributed by atoms with Crippen molar-refractivity contribution in [3.8, 4) is 5.88 Å². The van der Waals surface area contributed by atoms with E-state index in [2.05, 4.69) is 15.3 Å². The van der Waals surface area contributed by atoms with Gasteiger partial charge in [-0.2, -0.15) is 4.98 Å². The van der Waals surface area contributed by atoms with Crippen molar-refractivity contribution in [1.29, 1.82) is 0 Å². The largest absolute Gasteiger partial charge is 0.481 e. The molecule has 1 aromatic heterocycles. The summed E-state index contributed by atoms with van der Waals surface area (Å²) < 4.78 is 10.0. The molecule has 15 heavy (non-hydrogen) atoms. The molecule has 0 aliphatic carbocycles. The lowest BCUT2D eigenvalue weighted by molar-refractivity contribution is 0.0991. The Balaban J connectivity index is 2.24. The molecule has 6 heteroatoms. The van der Waals surface area contributed by atoms with Gasteiger partial charge in [-0.15, -0.1) is 0 Å².